The summed E-state index contributed by atoms with van der Waals surface area (Å²) < 4.78 is 33.0. The molecule has 0 aromatic rings. The van der Waals surface area contributed by atoms with Crippen LogP contribution in [0, 0.1) is 11.8 Å². The number of nitrogens with zero attached hydrogens (tertiary/aromatic N) is 1. The van der Waals surface area contributed by atoms with Crippen LogP contribution >= 0.6 is 0 Å². The van der Waals surface area contributed by atoms with Crippen molar-refractivity contribution in [2.75, 3.05) is 19.7 Å². The van der Waals surface area contributed by atoms with Gasteiger partial charge in [0.2, 0.25) is 0 Å². The largest absolute Gasteiger partial charge is 0.480 e. The number of carbonyl (C=O) groups is 2. The molecule has 1 aliphatic rings. The zero-order valence-electron chi connectivity index (χ0n) is 13.8. The quantitative estimate of drug-likeness (QED) is 0.620. The molecule has 134 valence electrons. The molecule has 9 heteroatoms. The molecule has 8 nitrogen and oxygen atoms in total. The first-order valence-corrected chi connectivity index (χ1v) is 9.28. The summed E-state index contributed by atoms with van der Waals surface area (Å²) in [7, 11) is -3.88. The SMILES string of the molecule is CCOC(=O)C1CCN(S(=O)(=O)N[C@@H](CC(C)C)C(=O)O)CC1. The van der Waals surface area contributed by atoms with Gasteiger partial charge < -0.3 is 9.84 Å². The Labute approximate surface area is 137 Å². The predicted molar refractivity (Wildman–Crippen MR) is 83.9 cm³/mol. The minimum atomic E-state index is -3.88. The normalized spacial score (nSPS) is 18.8. The molecular formula is C14H26N2O6S. The molecular weight excluding hydrogens is 324 g/mol. The van der Waals surface area contributed by atoms with Gasteiger partial charge in [0.15, 0.2) is 0 Å². The van der Waals surface area contributed by atoms with Crippen molar-refractivity contribution in [3.8, 4) is 0 Å². The van der Waals surface area contributed by atoms with Crippen molar-refractivity contribution in [1.82, 2.24) is 9.03 Å². The van der Waals surface area contributed by atoms with E-state index in [0.717, 1.165) is 0 Å². The van der Waals surface area contributed by atoms with E-state index in [-0.39, 0.29) is 37.3 Å². The standard InChI is InChI=1S/C14H26N2O6S/c1-4-22-14(19)11-5-7-16(8-6-11)23(20,21)15-12(13(17)18)9-10(2)3/h10-12,15H,4-9H2,1-3H3,(H,17,18)/t12-/m0/s1. The van der Waals surface area contributed by atoms with Gasteiger partial charge in [0.25, 0.3) is 10.2 Å². The van der Waals surface area contributed by atoms with Gasteiger partial charge in [-0.3, -0.25) is 9.59 Å². The first kappa shape index (κ1) is 19.9. The highest BCUT2D eigenvalue weighted by molar-refractivity contribution is 7.87. The van der Waals surface area contributed by atoms with Crippen LogP contribution in [0.3, 0.4) is 0 Å². The minimum Gasteiger partial charge on any atom is -0.480 e. The topological polar surface area (TPSA) is 113 Å². The van der Waals surface area contributed by atoms with Crippen LogP contribution in [0.4, 0.5) is 0 Å². The van der Waals surface area contributed by atoms with Crippen molar-refractivity contribution in [3.63, 3.8) is 0 Å². The van der Waals surface area contributed by atoms with Gasteiger partial charge in [0.05, 0.1) is 12.5 Å². The maximum Gasteiger partial charge on any atom is 0.321 e. The summed E-state index contributed by atoms with van der Waals surface area (Å²) in [5, 5.41) is 9.15. The molecule has 1 atom stereocenters. The van der Waals surface area contributed by atoms with Crippen molar-refractivity contribution in [3.05, 3.63) is 0 Å². The number of carboxylic acids is 1. The lowest BCUT2D eigenvalue weighted by Gasteiger charge is -2.31. The number of carboxylic acid groups (broad SMARTS) is 1. The number of hydrogen-bond acceptors (Lipinski definition) is 5. The molecule has 1 fully saturated rings. The molecule has 0 amide bonds. The molecule has 0 aromatic heterocycles. The molecule has 0 aliphatic carbocycles. The molecule has 0 unspecified atom stereocenters. The molecule has 1 heterocycles. The van der Waals surface area contributed by atoms with Gasteiger partial charge in [-0.25, -0.2) is 0 Å². The highest BCUT2D eigenvalue weighted by Gasteiger charge is 2.34. The third-order valence-electron chi connectivity index (χ3n) is 3.71. The van der Waals surface area contributed by atoms with Crippen molar-refractivity contribution >= 4 is 22.1 Å². The van der Waals surface area contributed by atoms with E-state index < -0.39 is 22.2 Å². The summed E-state index contributed by atoms with van der Waals surface area (Å²) >= 11 is 0. The second kappa shape index (κ2) is 8.60. The van der Waals surface area contributed by atoms with Crippen LogP contribution in [-0.2, 0) is 24.5 Å². The summed E-state index contributed by atoms with van der Waals surface area (Å²) in [6, 6.07) is -1.15. The first-order chi connectivity index (χ1) is 10.7. The Hall–Kier alpha value is -1.19. The number of hydrogen-bond donors (Lipinski definition) is 2. The average Bonchev–Trinajstić information content (AvgIpc) is 2.46. The van der Waals surface area contributed by atoms with Crippen LogP contribution in [0.2, 0.25) is 0 Å². The fraction of sp³-hybridized carbons (Fsp3) is 0.857. The summed E-state index contributed by atoms with van der Waals surface area (Å²) in [5.74, 6) is -1.75. The number of esters is 1. The fourth-order valence-electron chi connectivity index (χ4n) is 2.52. The first-order valence-electron chi connectivity index (χ1n) is 7.84. The average molecular weight is 350 g/mol. The summed E-state index contributed by atoms with van der Waals surface area (Å²) in [6.07, 6.45) is 0.969. The number of rotatable bonds is 8. The Morgan fingerprint density at radius 1 is 1.30 bits per heavy atom. The Morgan fingerprint density at radius 3 is 2.30 bits per heavy atom. The van der Waals surface area contributed by atoms with Gasteiger partial charge in [-0.1, -0.05) is 13.8 Å². The number of carbonyl (C=O) groups excluding carboxylic acids is 1. The Bertz CT molecular complexity index is 511. The lowest BCUT2D eigenvalue weighted by molar-refractivity contribution is -0.149. The van der Waals surface area contributed by atoms with Crippen LogP contribution in [0.25, 0.3) is 0 Å². The lowest BCUT2D eigenvalue weighted by atomic mass is 9.98. The maximum absolute atomic E-state index is 12.3. The van der Waals surface area contributed by atoms with Crippen LogP contribution in [-0.4, -0.2) is 55.5 Å². The Balaban J connectivity index is 2.64. The van der Waals surface area contributed by atoms with E-state index in [1.165, 1.54) is 4.31 Å². The number of aliphatic carboxylic acids is 1. The smallest absolute Gasteiger partial charge is 0.321 e. The highest BCUT2D eigenvalue weighted by atomic mass is 32.2. The monoisotopic (exact) mass is 350 g/mol. The zero-order valence-corrected chi connectivity index (χ0v) is 14.6. The van der Waals surface area contributed by atoms with Crippen molar-refractivity contribution in [1.29, 1.82) is 0 Å². The van der Waals surface area contributed by atoms with Crippen LogP contribution in [0.1, 0.15) is 40.0 Å². The summed E-state index contributed by atoms with van der Waals surface area (Å²) in [6.45, 7) is 6.03. The minimum absolute atomic E-state index is 0.0494. The molecule has 0 saturated carbocycles. The van der Waals surface area contributed by atoms with Crippen LogP contribution in [0.15, 0.2) is 0 Å². The Kier molecular flexibility index (Phi) is 7.43. The second-order valence-corrected chi connectivity index (χ2v) is 7.77. The lowest BCUT2D eigenvalue weighted by Crippen LogP contribution is -2.51. The fourth-order valence-corrected chi connectivity index (χ4v) is 3.91. The molecule has 1 aliphatic heterocycles. The molecule has 0 bridgehead atoms. The zero-order chi connectivity index (χ0) is 17.6. The van der Waals surface area contributed by atoms with Gasteiger partial charge in [0.1, 0.15) is 6.04 Å². The predicted octanol–water partition coefficient (Wildman–Crippen LogP) is 0.595. The van der Waals surface area contributed by atoms with E-state index in [2.05, 4.69) is 4.72 Å². The molecule has 23 heavy (non-hydrogen) atoms. The number of piperidine rings is 1. The highest BCUT2D eigenvalue weighted by Crippen LogP contribution is 2.21. The summed E-state index contributed by atoms with van der Waals surface area (Å²) in [4.78, 5) is 22.9. The number of ether oxygens (including phenoxy) is 1. The maximum atomic E-state index is 12.3. The van der Waals surface area contributed by atoms with Gasteiger partial charge in [-0.05, 0) is 32.1 Å². The Morgan fingerprint density at radius 2 is 1.87 bits per heavy atom. The molecule has 1 rings (SSSR count). The second-order valence-electron chi connectivity index (χ2n) is 6.07. The molecule has 0 radical (unpaired) electrons. The van der Waals surface area contributed by atoms with Crippen LogP contribution < -0.4 is 4.72 Å². The van der Waals surface area contributed by atoms with Crippen LogP contribution in [0.5, 0.6) is 0 Å². The van der Waals surface area contributed by atoms with E-state index in [1.807, 2.05) is 13.8 Å². The third kappa shape index (κ3) is 6.08. The van der Waals surface area contributed by atoms with Crippen molar-refractivity contribution < 1.29 is 27.9 Å². The molecule has 0 aromatic carbocycles. The van der Waals surface area contributed by atoms with E-state index in [9.17, 15) is 18.0 Å². The number of nitrogens with one attached hydrogen (secondary N) is 1. The van der Waals surface area contributed by atoms with E-state index in [4.69, 9.17) is 9.84 Å². The van der Waals surface area contributed by atoms with Gasteiger partial charge in [-0.15, -0.1) is 0 Å². The van der Waals surface area contributed by atoms with Gasteiger partial charge in [-0.2, -0.15) is 17.4 Å². The molecule has 0 spiro atoms. The molecule has 1 saturated heterocycles. The van der Waals surface area contributed by atoms with Gasteiger partial charge in [0, 0.05) is 13.1 Å². The van der Waals surface area contributed by atoms with E-state index in [1.54, 1.807) is 6.92 Å². The van der Waals surface area contributed by atoms with Crippen molar-refractivity contribution in [2.24, 2.45) is 11.8 Å². The van der Waals surface area contributed by atoms with E-state index in [0.29, 0.717) is 19.4 Å². The van der Waals surface area contributed by atoms with Gasteiger partial charge >= 0.3 is 11.9 Å². The summed E-state index contributed by atoms with van der Waals surface area (Å²) in [5.41, 5.74) is 0. The van der Waals surface area contributed by atoms with Crippen molar-refractivity contribution in [2.45, 2.75) is 46.1 Å². The third-order valence-corrected chi connectivity index (χ3v) is 5.34. The molecule has 2 N–H and O–H groups in total. The van der Waals surface area contributed by atoms with E-state index >= 15 is 0 Å².